The number of alkyl carbamates (subject to hydrolysis) is 1. The summed E-state index contributed by atoms with van der Waals surface area (Å²) < 4.78 is 26.4. The third-order valence-electron chi connectivity index (χ3n) is 7.76. The quantitative estimate of drug-likeness (QED) is 0.287. The summed E-state index contributed by atoms with van der Waals surface area (Å²) in [7, 11) is 3.15. The Bertz CT molecular complexity index is 1370. The molecule has 2 amide bonds. The molecule has 3 aromatic rings. The third kappa shape index (κ3) is 7.15. The first-order valence-electron chi connectivity index (χ1n) is 14.4. The number of aliphatic hydroxyl groups is 1. The van der Waals surface area contributed by atoms with Crippen LogP contribution in [-0.2, 0) is 28.0 Å². The maximum absolute atomic E-state index is 15.6. The lowest BCUT2D eigenvalue weighted by Crippen LogP contribution is -2.54. The van der Waals surface area contributed by atoms with Gasteiger partial charge < -0.3 is 30.1 Å². The minimum atomic E-state index is -1.67. The second kappa shape index (κ2) is 14.4. The second-order valence-electron chi connectivity index (χ2n) is 10.5. The fraction of sp³-hybridized carbons (Fsp3) is 0.394. The van der Waals surface area contributed by atoms with Gasteiger partial charge in [0.1, 0.15) is 17.5 Å². The molecule has 3 aromatic carbocycles. The van der Waals surface area contributed by atoms with E-state index in [4.69, 9.17) is 4.74 Å². The van der Waals surface area contributed by atoms with Gasteiger partial charge in [0.15, 0.2) is 0 Å². The van der Waals surface area contributed by atoms with Crippen LogP contribution in [0.15, 0.2) is 66.7 Å². The number of rotatable bonds is 11. The molecule has 0 aromatic heterocycles. The maximum atomic E-state index is 15.6. The van der Waals surface area contributed by atoms with Gasteiger partial charge in [-0.1, -0.05) is 55.5 Å². The molecule has 9 heteroatoms. The van der Waals surface area contributed by atoms with E-state index in [2.05, 4.69) is 15.4 Å². The maximum Gasteiger partial charge on any atom is 0.406 e. The summed E-state index contributed by atoms with van der Waals surface area (Å²) in [6.45, 7) is 3.65. The number of hydrogen-bond donors (Lipinski definition) is 3. The van der Waals surface area contributed by atoms with Crippen molar-refractivity contribution in [2.24, 2.45) is 0 Å². The SMILES string of the molecule is CCc1cccc(-c2c(F)cccc2C(O)(CCCNC(=O)OC)C2CN(C(=O)c3ccc(CNC)cc3)CCO2)c1. The number of aryl methyl sites for hydroxylation is 1. The topological polar surface area (TPSA) is 100 Å². The van der Waals surface area contributed by atoms with Gasteiger partial charge in [0, 0.05) is 30.8 Å². The molecule has 3 N–H and O–H groups in total. The zero-order valence-electron chi connectivity index (χ0n) is 24.5. The number of nitrogens with one attached hydrogen (secondary N) is 2. The summed E-state index contributed by atoms with van der Waals surface area (Å²) in [5, 5.41) is 18.2. The van der Waals surface area contributed by atoms with E-state index in [1.165, 1.54) is 13.2 Å². The van der Waals surface area contributed by atoms with Gasteiger partial charge in [-0.25, -0.2) is 9.18 Å². The highest BCUT2D eigenvalue weighted by Crippen LogP contribution is 2.41. The Kier molecular flexibility index (Phi) is 10.7. The van der Waals surface area contributed by atoms with Crippen LogP contribution < -0.4 is 10.6 Å². The van der Waals surface area contributed by atoms with Gasteiger partial charge in [-0.05, 0) is 66.8 Å². The summed E-state index contributed by atoms with van der Waals surface area (Å²) in [6, 6.07) is 19.7. The van der Waals surface area contributed by atoms with Crippen LogP contribution in [0.2, 0.25) is 0 Å². The van der Waals surface area contributed by atoms with Gasteiger partial charge in [0.25, 0.3) is 5.91 Å². The highest BCUT2D eigenvalue weighted by molar-refractivity contribution is 5.94. The van der Waals surface area contributed by atoms with Gasteiger partial charge in [-0.2, -0.15) is 0 Å². The van der Waals surface area contributed by atoms with Crippen LogP contribution in [-0.4, -0.2) is 68.5 Å². The molecule has 1 heterocycles. The molecule has 1 aliphatic rings. The molecule has 4 rings (SSSR count). The molecule has 8 nitrogen and oxygen atoms in total. The third-order valence-corrected chi connectivity index (χ3v) is 7.76. The van der Waals surface area contributed by atoms with Crippen molar-refractivity contribution in [3.05, 3.63) is 94.8 Å². The molecular formula is C33H40FN3O5. The normalized spacial score (nSPS) is 16.5. The molecular weight excluding hydrogens is 537 g/mol. The van der Waals surface area contributed by atoms with E-state index >= 15 is 4.39 Å². The van der Waals surface area contributed by atoms with Crippen molar-refractivity contribution in [1.29, 1.82) is 0 Å². The fourth-order valence-electron chi connectivity index (χ4n) is 5.49. The van der Waals surface area contributed by atoms with E-state index < -0.39 is 23.6 Å². The highest BCUT2D eigenvalue weighted by atomic mass is 19.1. The van der Waals surface area contributed by atoms with Crippen molar-refractivity contribution in [1.82, 2.24) is 15.5 Å². The van der Waals surface area contributed by atoms with Crippen molar-refractivity contribution in [3.63, 3.8) is 0 Å². The molecule has 1 aliphatic heterocycles. The number of methoxy groups -OCH3 is 1. The Labute approximate surface area is 246 Å². The van der Waals surface area contributed by atoms with Crippen LogP contribution in [0.1, 0.15) is 46.8 Å². The largest absolute Gasteiger partial charge is 0.453 e. The first-order valence-corrected chi connectivity index (χ1v) is 14.4. The second-order valence-corrected chi connectivity index (χ2v) is 10.5. The molecule has 2 atom stereocenters. The molecule has 0 radical (unpaired) electrons. The summed E-state index contributed by atoms with van der Waals surface area (Å²) in [5.41, 5.74) is 2.30. The average Bonchev–Trinajstić information content (AvgIpc) is 3.03. The van der Waals surface area contributed by atoms with Gasteiger partial charge in [-0.3, -0.25) is 4.79 Å². The molecule has 42 heavy (non-hydrogen) atoms. The number of amides is 2. The molecule has 0 bridgehead atoms. The van der Waals surface area contributed by atoms with E-state index in [0.29, 0.717) is 41.8 Å². The number of carbonyl (C=O) groups excluding carboxylic acids is 2. The highest BCUT2D eigenvalue weighted by Gasteiger charge is 2.44. The minimum absolute atomic E-state index is 0.114. The molecule has 1 saturated heterocycles. The van der Waals surface area contributed by atoms with Crippen molar-refractivity contribution in [3.8, 4) is 11.1 Å². The number of hydrogen-bond acceptors (Lipinski definition) is 6. The lowest BCUT2D eigenvalue weighted by Gasteiger charge is -2.43. The zero-order chi connectivity index (χ0) is 30.1. The molecule has 2 unspecified atom stereocenters. The summed E-state index contributed by atoms with van der Waals surface area (Å²) in [4.78, 5) is 26.8. The Morgan fingerprint density at radius 2 is 1.88 bits per heavy atom. The van der Waals surface area contributed by atoms with Crippen molar-refractivity contribution in [2.45, 2.75) is 44.4 Å². The lowest BCUT2D eigenvalue weighted by molar-refractivity contribution is -0.146. The first kappa shape index (κ1) is 31.2. The Morgan fingerprint density at radius 3 is 2.60 bits per heavy atom. The Balaban J connectivity index is 1.69. The number of morpholine rings is 1. The number of nitrogens with zero attached hydrogens (tertiary/aromatic N) is 1. The van der Waals surface area contributed by atoms with Crippen LogP contribution in [0.4, 0.5) is 9.18 Å². The Hall–Kier alpha value is -3.79. The van der Waals surface area contributed by atoms with Gasteiger partial charge in [0.2, 0.25) is 0 Å². The predicted molar refractivity (Wildman–Crippen MR) is 160 cm³/mol. The van der Waals surface area contributed by atoms with Crippen LogP contribution in [0, 0.1) is 5.82 Å². The zero-order valence-corrected chi connectivity index (χ0v) is 24.5. The molecule has 0 aliphatic carbocycles. The van der Waals surface area contributed by atoms with E-state index in [1.807, 2.05) is 50.4 Å². The number of ether oxygens (including phenoxy) is 2. The van der Waals surface area contributed by atoms with Gasteiger partial charge >= 0.3 is 6.09 Å². The molecule has 1 fully saturated rings. The smallest absolute Gasteiger partial charge is 0.406 e. The van der Waals surface area contributed by atoms with Crippen molar-refractivity contribution in [2.75, 3.05) is 40.4 Å². The van der Waals surface area contributed by atoms with E-state index in [0.717, 1.165) is 17.5 Å². The fourth-order valence-corrected chi connectivity index (χ4v) is 5.49. The van der Waals surface area contributed by atoms with E-state index in [9.17, 15) is 14.7 Å². The van der Waals surface area contributed by atoms with Crippen molar-refractivity contribution < 1.29 is 28.6 Å². The summed E-state index contributed by atoms with van der Waals surface area (Å²) >= 11 is 0. The molecule has 0 saturated carbocycles. The predicted octanol–water partition coefficient (Wildman–Crippen LogP) is 4.64. The average molecular weight is 578 g/mol. The monoisotopic (exact) mass is 577 g/mol. The lowest BCUT2D eigenvalue weighted by atomic mass is 9.79. The van der Waals surface area contributed by atoms with Gasteiger partial charge in [0.05, 0.1) is 20.3 Å². The minimum Gasteiger partial charge on any atom is -0.453 e. The van der Waals surface area contributed by atoms with Gasteiger partial charge in [-0.15, -0.1) is 0 Å². The summed E-state index contributed by atoms with van der Waals surface area (Å²) in [6.07, 6.45) is -0.136. The number of benzene rings is 3. The Morgan fingerprint density at radius 1 is 1.12 bits per heavy atom. The molecule has 0 spiro atoms. The van der Waals surface area contributed by atoms with Crippen molar-refractivity contribution >= 4 is 12.0 Å². The number of halogens is 1. The first-order chi connectivity index (χ1) is 20.3. The number of carbonyl (C=O) groups is 2. The molecule has 224 valence electrons. The van der Waals surface area contributed by atoms with Crippen LogP contribution >= 0.6 is 0 Å². The van der Waals surface area contributed by atoms with Crippen LogP contribution in [0.25, 0.3) is 11.1 Å². The van der Waals surface area contributed by atoms with E-state index in [1.54, 1.807) is 29.2 Å². The van der Waals surface area contributed by atoms with E-state index in [-0.39, 0.29) is 32.0 Å². The standard InChI is InChI=1S/C33H40FN3O5/c1-4-23-8-5-9-26(20-23)30-27(10-6-11-28(30)34)33(40,16-7-17-36-32(39)41-3)29-22-37(18-19-42-29)31(38)25-14-12-24(13-15-25)21-35-2/h5-6,8-15,20,29,35,40H,4,7,16-19,21-22H2,1-3H3,(H,36,39). The van der Waals surface area contributed by atoms with Crippen LogP contribution in [0.5, 0.6) is 0 Å². The summed E-state index contributed by atoms with van der Waals surface area (Å²) in [5.74, 6) is -0.624. The van der Waals surface area contributed by atoms with Crippen LogP contribution in [0.3, 0.4) is 0 Å².